The van der Waals surface area contributed by atoms with Crippen molar-refractivity contribution in [1.29, 1.82) is 0 Å². The molecule has 2 heterocycles. The van der Waals surface area contributed by atoms with E-state index in [1.54, 1.807) is 10.8 Å². The first kappa shape index (κ1) is 5.34. The lowest BCUT2D eigenvalue weighted by molar-refractivity contribution is 0.910. The molecule has 0 amide bonds. The third kappa shape index (κ3) is 0.655. The van der Waals surface area contributed by atoms with Crippen molar-refractivity contribution in [2.24, 2.45) is 0 Å². The summed E-state index contributed by atoms with van der Waals surface area (Å²) in [5, 5.41) is 3.90. The summed E-state index contributed by atoms with van der Waals surface area (Å²) in [7, 11) is 0. The molecule has 10 heavy (non-hydrogen) atoms. The molecule has 4 nitrogen and oxygen atoms in total. The Morgan fingerprint density at radius 2 is 2.30 bits per heavy atom. The van der Waals surface area contributed by atoms with Gasteiger partial charge in [-0.2, -0.15) is 5.10 Å². The quantitative estimate of drug-likeness (QED) is 0.524. The van der Waals surface area contributed by atoms with Gasteiger partial charge in [0.15, 0.2) is 5.65 Å². The van der Waals surface area contributed by atoms with E-state index in [1.807, 2.05) is 13.0 Å². The van der Waals surface area contributed by atoms with Crippen LogP contribution in [0.1, 0.15) is 5.69 Å². The van der Waals surface area contributed by atoms with E-state index < -0.39 is 0 Å². The van der Waals surface area contributed by atoms with Gasteiger partial charge in [0.2, 0.25) is 0 Å². The minimum absolute atomic E-state index is 0.840. The second-order valence-electron chi connectivity index (χ2n) is 2.09. The molecule has 2 aromatic heterocycles. The van der Waals surface area contributed by atoms with Gasteiger partial charge in [0.05, 0.1) is 0 Å². The number of hydrogen-bond acceptors (Lipinski definition) is 3. The fourth-order valence-corrected chi connectivity index (χ4v) is 0.821. The molecule has 4 heteroatoms. The Labute approximate surface area is 57.5 Å². The molecule has 0 spiro atoms. The van der Waals surface area contributed by atoms with Crippen molar-refractivity contribution in [3.8, 4) is 0 Å². The van der Waals surface area contributed by atoms with Crippen LogP contribution >= 0.6 is 0 Å². The third-order valence-corrected chi connectivity index (χ3v) is 1.31. The van der Waals surface area contributed by atoms with Gasteiger partial charge in [-0.1, -0.05) is 0 Å². The fourth-order valence-electron chi connectivity index (χ4n) is 0.821. The lowest BCUT2D eigenvalue weighted by Gasteiger charge is -1.90. The largest absolute Gasteiger partial charge is 0.241 e. The van der Waals surface area contributed by atoms with Crippen LogP contribution in [0.3, 0.4) is 0 Å². The van der Waals surface area contributed by atoms with Crippen molar-refractivity contribution in [3.63, 3.8) is 0 Å². The number of fused-ring (bicyclic) bond motifs is 1. The van der Waals surface area contributed by atoms with Crippen LogP contribution in [0.5, 0.6) is 0 Å². The van der Waals surface area contributed by atoms with E-state index in [0.29, 0.717) is 0 Å². The van der Waals surface area contributed by atoms with E-state index in [4.69, 9.17) is 0 Å². The summed E-state index contributed by atoms with van der Waals surface area (Å²) in [6, 6.07) is 1.88. The van der Waals surface area contributed by atoms with Crippen molar-refractivity contribution < 1.29 is 0 Å². The van der Waals surface area contributed by atoms with Crippen molar-refractivity contribution in [2.75, 3.05) is 0 Å². The van der Waals surface area contributed by atoms with E-state index in [-0.39, 0.29) is 0 Å². The van der Waals surface area contributed by atoms with Crippen molar-refractivity contribution in [2.45, 2.75) is 6.92 Å². The van der Waals surface area contributed by atoms with Gasteiger partial charge in [-0.25, -0.2) is 14.5 Å². The smallest absolute Gasteiger partial charge is 0.158 e. The topological polar surface area (TPSA) is 43.1 Å². The average Bonchev–Trinajstić information content (AvgIpc) is 2.33. The van der Waals surface area contributed by atoms with Crippen LogP contribution < -0.4 is 0 Å². The number of aromatic nitrogens is 4. The van der Waals surface area contributed by atoms with Gasteiger partial charge in [-0.05, 0) is 6.92 Å². The fraction of sp³-hybridized carbons (Fsp3) is 0.167. The minimum Gasteiger partial charge on any atom is -0.241 e. The van der Waals surface area contributed by atoms with Gasteiger partial charge in [0, 0.05) is 11.8 Å². The Morgan fingerprint density at radius 3 is 3.20 bits per heavy atom. The Kier molecular flexibility index (Phi) is 0.943. The molecule has 2 rings (SSSR count). The first-order valence-electron chi connectivity index (χ1n) is 2.98. The molecule has 0 aliphatic carbocycles. The average molecular weight is 134 g/mol. The zero-order chi connectivity index (χ0) is 6.97. The monoisotopic (exact) mass is 134 g/mol. The van der Waals surface area contributed by atoms with Crippen LogP contribution in [0.25, 0.3) is 5.65 Å². The minimum atomic E-state index is 0.840. The summed E-state index contributed by atoms with van der Waals surface area (Å²) in [5.74, 6) is 0. The van der Waals surface area contributed by atoms with Crippen molar-refractivity contribution in [3.05, 3.63) is 24.4 Å². The van der Waals surface area contributed by atoms with Gasteiger partial charge >= 0.3 is 0 Å². The zero-order valence-corrected chi connectivity index (χ0v) is 5.52. The Hall–Kier alpha value is -1.45. The van der Waals surface area contributed by atoms with Crippen LogP contribution in [0.15, 0.2) is 18.7 Å². The molecule has 0 aliphatic rings. The number of aryl methyl sites for hydroxylation is 1. The number of rotatable bonds is 0. The molecule has 0 fully saturated rings. The highest BCUT2D eigenvalue weighted by Gasteiger charge is 1.92. The van der Waals surface area contributed by atoms with Gasteiger partial charge < -0.3 is 0 Å². The standard InChI is InChI=1S/C6H6N4/c1-5-2-6-7-3-9-10(6)4-8-5/h2-4H,1H3. The van der Waals surface area contributed by atoms with Crippen LogP contribution in [0, 0.1) is 6.92 Å². The first-order chi connectivity index (χ1) is 4.86. The molecule has 50 valence electrons. The number of hydrogen-bond donors (Lipinski definition) is 0. The van der Waals surface area contributed by atoms with Gasteiger partial charge in [0.25, 0.3) is 0 Å². The highest BCUT2D eigenvalue weighted by molar-refractivity contribution is 5.35. The normalized spacial score (nSPS) is 10.5. The van der Waals surface area contributed by atoms with Crippen LogP contribution in [0.2, 0.25) is 0 Å². The molecule has 0 atom stereocenters. The van der Waals surface area contributed by atoms with Crippen molar-refractivity contribution >= 4 is 5.65 Å². The predicted molar refractivity (Wildman–Crippen MR) is 35.5 cm³/mol. The summed E-state index contributed by atoms with van der Waals surface area (Å²) < 4.78 is 1.63. The Bertz CT molecular complexity index is 351. The summed E-state index contributed by atoms with van der Waals surface area (Å²) in [6.07, 6.45) is 3.16. The molecular formula is C6H6N4. The molecule has 0 N–H and O–H groups in total. The third-order valence-electron chi connectivity index (χ3n) is 1.31. The lowest BCUT2D eigenvalue weighted by atomic mass is 10.4. The number of nitrogens with zero attached hydrogens (tertiary/aromatic N) is 4. The van der Waals surface area contributed by atoms with E-state index in [1.165, 1.54) is 6.33 Å². The SMILES string of the molecule is Cc1cc2ncnn2cn1. The van der Waals surface area contributed by atoms with E-state index in [9.17, 15) is 0 Å². The predicted octanol–water partition coefficient (Wildman–Crippen LogP) is 0.433. The highest BCUT2D eigenvalue weighted by Crippen LogP contribution is 1.96. The molecule has 2 aromatic rings. The molecule has 0 saturated carbocycles. The van der Waals surface area contributed by atoms with Gasteiger partial charge in [0.1, 0.15) is 12.7 Å². The van der Waals surface area contributed by atoms with Crippen molar-refractivity contribution in [1.82, 2.24) is 19.6 Å². The molecule has 0 unspecified atom stereocenters. The molecular weight excluding hydrogens is 128 g/mol. The van der Waals surface area contributed by atoms with E-state index in [2.05, 4.69) is 15.1 Å². The second-order valence-corrected chi connectivity index (χ2v) is 2.09. The first-order valence-corrected chi connectivity index (χ1v) is 2.98. The molecule has 0 aromatic carbocycles. The zero-order valence-electron chi connectivity index (χ0n) is 5.52. The Balaban J connectivity index is 2.86. The molecule has 0 saturated heterocycles. The molecule has 0 bridgehead atoms. The van der Waals surface area contributed by atoms with Crippen LogP contribution in [0.4, 0.5) is 0 Å². The maximum Gasteiger partial charge on any atom is 0.158 e. The maximum atomic E-state index is 4.04. The van der Waals surface area contributed by atoms with E-state index in [0.717, 1.165) is 11.3 Å². The molecule has 0 radical (unpaired) electrons. The van der Waals surface area contributed by atoms with E-state index >= 15 is 0 Å². The van der Waals surface area contributed by atoms with Crippen LogP contribution in [-0.4, -0.2) is 19.6 Å². The summed E-state index contributed by atoms with van der Waals surface area (Å²) in [6.45, 7) is 1.93. The highest BCUT2D eigenvalue weighted by atomic mass is 15.3. The summed E-state index contributed by atoms with van der Waals surface area (Å²) >= 11 is 0. The summed E-state index contributed by atoms with van der Waals surface area (Å²) in [4.78, 5) is 8.03. The van der Waals surface area contributed by atoms with Gasteiger partial charge in [-0.15, -0.1) is 0 Å². The molecule has 0 aliphatic heterocycles. The van der Waals surface area contributed by atoms with Gasteiger partial charge in [-0.3, -0.25) is 0 Å². The second kappa shape index (κ2) is 1.76. The maximum absolute atomic E-state index is 4.04. The summed E-state index contributed by atoms with van der Waals surface area (Å²) in [5.41, 5.74) is 1.80. The van der Waals surface area contributed by atoms with Crippen LogP contribution in [-0.2, 0) is 0 Å². The lowest BCUT2D eigenvalue weighted by Crippen LogP contribution is -1.89. The Morgan fingerprint density at radius 1 is 1.40 bits per heavy atom.